The van der Waals surface area contributed by atoms with E-state index in [2.05, 4.69) is 4.98 Å². The van der Waals surface area contributed by atoms with Gasteiger partial charge in [-0.3, -0.25) is 4.90 Å². The second kappa shape index (κ2) is 8.52. The van der Waals surface area contributed by atoms with Crippen molar-refractivity contribution in [1.82, 2.24) is 9.88 Å². The topological polar surface area (TPSA) is 39.6 Å². The first-order valence-electron chi connectivity index (χ1n) is 9.30. The number of nitrogens with zero attached hydrogens (tertiary/aromatic N) is 3. The molecule has 2 heterocycles. The summed E-state index contributed by atoms with van der Waals surface area (Å²) in [6, 6.07) is 8.10. The minimum Gasteiger partial charge on any atom is -0.381 e. The SMILES string of the molecule is OC(c1nccs1)c1cccc(F)c1N1CCN(Cc2cc(F)ccc2F)CC1. The predicted molar refractivity (Wildman–Crippen MR) is 106 cm³/mol. The maximum Gasteiger partial charge on any atom is 0.146 e. The van der Waals surface area contributed by atoms with Gasteiger partial charge in [0.15, 0.2) is 0 Å². The van der Waals surface area contributed by atoms with Crippen LogP contribution in [-0.4, -0.2) is 41.2 Å². The highest BCUT2D eigenvalue weighted by atomic mass is 32.1. The van der Waals surface area contributed by atoms with Crippen LogP contribution < -0.4 is 4.90 Å². The van der Waals surface area contributed by atoms with Crippen LogP contribution in [0.3, 0.4) is 0 Å². The monoisotopic (exact) mass is 419 g/mol. The molecule has 3 aromatic rings. The molecule has 29 heavy (non-hydrogen) atoms. The van der Waals surface area contributed by atoms with E-state index in [4.69, 9.17) is 0 Å². The van der Waals surface area contributed by atoms with E-state index in [0.717, 1.165) is 12.1 Å². The molecule has 8 heteroatoms. The fourth-order valence-electron chi connectivity index (χ4n) is 3.62. The summed E-state index contributed by atoms with van der Waals surface area (Å²) in [5.74, 6) is -1.30. The maximum absolute atomic E-state index is 14.7. The first-order valence-corrected chi connectivity index (χ1v) is 10.2. The molecule has 1 atom stereocenters. The van der Waals surface area contributed by atoms with E-state index >= 15 is 0 Å². The number of hydrogen-bond donors (Lipinski definition) is 1. The van der Waals surface area contributed by atoms with Crippen molar-refractivity contribution in [2.75, 3.05) is 31.1 Å². The van der Waals surface area contributed by atoms with Gasteiger partial charge in [0.1, 0.15) is 28.6 Å². The van der Waals surface area contributed by atoms with E-state index in [0.29, 0.717) is 54.5 Å². The lowest BCUT2D eigenvalue weighted by Crippen LogP contribution is -2.46. The van der Waals surface area contributed by atoms with E-state index in [9.17, 15) is 18.3 Å². The van der Waals surface area contributed by atoms with Crippen molar-refractivity contribution in [3.05, 3.63) is 81.6 Å². The fraction of sp³-hybridized carbons (Fsp3) is 0.286. The van der Waals surface area contributed by atoms with Gasteiger partial charge in [-0.2, -0.15) is 0 Å². The van der Waals surface area contributed by atoms with E-state index in [1.807, 2.05) is 9.80 Å². The number of rotatable bonds is 5. The Balaban J connectivity index is 1.49. The Morgan fingerprint density at radius 1 is 1.03 bits per heavy atom. The number of halogens is 3. The van der Waals surface area contributed by atoms with Crippen LogP contribution >= 0.6 is 11.3 Å². The number of thiazole rings is 1. The van der Waals surface area contributed by atoms with Crippen LogP contribution in [0.2, 0.25) is 0 Å². The van der Waals surface area contributed by atoms with Gasteiger partial charge in [0.05, 0.1) is 5.69 Å². The molecule has 1 N–H and O–H groups in total. The lowest BCUT2D eigenvalue weighted by Gasteiger charge is -2.37. The van der Waals surface area contributed by atoms with Gasteiger partial charge in [-0.15, -0.1) is 11.3 Å². The van der Waals surface area contributed by atoms with Crippen LogP contribution in [0.15, 0.2) is 48.0 Å². The normalized spacial score (nSPS) is 16.2. The molecule has 1 aromatic heterocycles. The summed E-state index contributed by atoms with van der Waals surface area (Å²) in [4.78, 5) is 8.03. The average Bonchev–Trinajstić information content (AvgIpc) is 3.26. The van der Waals surface area contributed by atoms with Gasteiger partial charge < -0.3 is 10.0 Å². The van der Waals surface area contributed by atoms with E-state index < -0.39 is 23.6 Å². The molecule has 2 aromatic carbocycles. The average molecular weight is 419 g/mol. The summed E-state index contributed by atoms with van der Waals surface area (Å²) in [5.41, 5.74) is 1.15. The Kier molecular flexibility index (Phi) is 5.84. The summed E-state index contributed by atoms with van der Waals surface area (Å²) in [6.07, 6.45) is 0.604. The summed E-state index contributed by atoms with van der Waals surface area (Å²) in [7, 11) is 0. The number of aromatic nitrogens is 1. The van der Waals surface area contributed by atoms with Crippen molar-refractivity contribution >= 4 is 17.0 Å². The predicted octanol–water partition coefficient (Wildman–Crippen LogP) is 3.96. The number of hydrogen-bond acceptors (Lipinski definition) is 5. The number of benzene rings is 2. The zero-order chi connectivity index (χ0) is 20.4. The van der Waals surface area contributed by atoms with Gasteiger partial charge in [-0.1, -0.05) is 12.1 Å². The molecule has 4 rings (SSSR count). The van der Waals surface area contributed by atoms with Crippen LogP contribution in [0, 0.1) is 17.5 Å². The number of aliphatic hydroxyl groups excluding tert-OH is 1. The standard InChI is InChI=1S/C21H20F3N3OS/c22-15-4-5-17(23)14(12-15)13-26-7-9-27(10-8-26)19-16(2-1-3-18(19)24)20(28)21-25-6-11-29-21/h1-6,11-12,20,28H,7-10,13H2. The zero-order valence-corrected chi connectivity index (χ0v) is 16.4. The second-order valence-corrected chi connectivity index (χ2v) is 7.88. The summed E-state index contributed by atoms with van der Waals surface area (Å²) >= 11 is 1.31. The van der Waals surface area contributed by atoms with E-state index in [1.54, 1.807) is 23.7 Å². The highest BCUT2D eigenvalue weighted by Crippen LogP contribution is 2.34. The summed E-state index contributed by atoms with van der Waals surface area (Å²) in [5, 5.41) is 13.0. The molecule has 4 nitrogen and oxygen atoms in total. The van der Waals surface area contributed by atoms with Crippen LogP contribution in [0.5, 0.6) is 0 Å². The largest absolute Gasteiger partial charge is 0.381 e. The molecule has 0 bridgehead atoms. The van der Waals surface area contributed by atoms with Crippen LogP contribution in [0.25, 0.3) is 0 Å². The molecule has 1 aliphatic rings. The van der Waals surface area contributed by atoms with Gasteiger partial charge in [0.25, 0.3) is 0 Å². The Morgan fingerprint density at radius 2 is 1.83 bits per heavy atom. The van der Waals surface area contributed by atoms with Gasteiger partial charge in [-0.25, -0.2) is 18.2 Å². The first-order chi connectivity index (χ1) is 14.0. The highest BCUT2D eigenvalue weighted by Gasteiger charge is 2.26. The van der Waals surface area contributed by atoms with E-state index in [-0.39, 0.29) is 0 Å². The third-order valence-electron chi connectivity index (χ3n) is 5.09. The summed E-state index contributed by atoms with van der Waals surface area (Å²) in [6.45, 7) is 2.45. The highest BCUT2D eigenvalue weighted by molar-refractivity contribution is 7.09. The van der Waals surface area contributed by atoms with Gasteiger partial charge in [-0.05, 0) is 24.3 Å². The van der Waals surface area contributed by atoms with Crippen molar-refractivity contribution in [1.29, 1.82) is 0 Å². The zero-order valence-electron chi connectivity index (χ0n) is 15.6. The smallest absolute Gasteiger partial charge is 0.146 e. The number of piperazine rings is 1. The summed E-state index contributed by atoms with van der Waals surface area (Å²) < 4.78 is 42.0. The molecule has 0 radical (unpaired) electrons. The first kappa shape index (κ1) is 19.9. The van der Waals surface area contributed by atoms with Crippen molar-refractivity contribution in [2.45, 2.75) is 12.6 Å². The third kappa shape index (κ3) is 4.29. The van der Waals surface area contributed by atoms with Crippen molar-refractivity contribution in [3.8, 4) is 0 Å². The van der Waals surface area contributed by atoms with E-state index in [1.165, 1.54) is 23.5 Å². The molecule has 0 spiro atoms. The van der Waals surface area contributed by atoms with Crippen LogP contribution in [-0.2, 0) is 6.54 Å². The Morgan fingerprint density at radius 3 is 2.55 bits per heavy atom. The third-order valence-corrected chi connectivity index (χ3v) is 5.92. The number of anilines is 1. The fourth-order valence-corrected chi connectivity index (χ4v) is 4.26. The second-order valence-electron chi connectivity index (χ2n) is 6.95. The maximum atomic E-state index is 14.7. The van der Waals surface area contributed by atoms with Crippen molar-refractivity contribution in [2.24, 2.45) is 0 Å². The van der Waals surface area contributed by atoms with Crippen LogP contribution in [0.4, 0.5) is 18.9 Å². The molecular weight excluding hydrogens is 399 g/mol. The quantitative estimate of drug-likeness (QED) is 0.680. The molecule has 1 unspecified atom stereocenters. The Bertz CT molecular complexity index is 975. The molecule has 1 fully saturated rings. The number of para-hydroxylation sites is 1. The minimum atomic E-state index is -1.000. The van der Waals surface area contributed by atoms with Crippen molar-refractivity contribution < 1.29 is 18.3 Å². The molecule has 1 aliphatic heterocycles. The lowest BCUT2D eigenvalue weighted by molar-refractivity contribution is 0.217. The number of aliphatic hydroxyl groups is 1. The molecule has 152 valence electrons. The lowest BCUT2D eigenvalue weighted by atomic mass is 10.0. The van der Waals surface area contributed by atoms with Crippen LogP contribution in [0.1, 0.15) is 22.2 Å². The Hall–Kier alpha value is -2.42. The molecule has 0 aliphatic carbocycles. The molecule has 0 saturated carbocycles. The molecule has 0 amide bonds. The Labute approximate surface area is 170 Å². The van der Waals surface area contributed by atoms with Gasteiger partial charge >= 0.3 is 0 Å². The van der Waals surface area contributed by atoms with Gasteiger partial charge in [0.2, 0.25) is 0 Å². The minimum absolute atomic E-state index is 0.295. The van der Waals surface area contributed by atoms with Crippen molar-refractivity contribution in [3.63, 3.8) is 0 Å². The molecule has 1 saturated heterocycles. The molecular formula is C21H20F3N3OS. The van der Waals surface area contributed by atoms with Gasteiger partial charge in [0, 0.05) is 55.4 Å².